The molecular weight excluding hydrogens is 256 g/mol. The summed E-state index contributed by atoms with van der Waals surface area (Å²) < 4.78 is 0. The summed E-state index contributed by atoms with van der Waals surface area (Å²) in [6.07, 6.45) is 3.33. The van der Waals surface area contributed by atoms with Crippen molar-refractivity contribution >= 4 is 5.69 Å². The van der Waals surface area contributed by atoms with Crippen molar-refractivity contribution in [3.8, 4) is 0 Å². The van der Waals surface area contributed by atoms with E-state index in [1.807, 2.05) is 6.07 Å². The van der Waals surface area contributed by atoms with E-state index >= 15 is 0 Å². The van der Waals surface area contributed by atoms with Crippen LogP contribution in [-0.4, -0.2) is 22.7 Å². The van der Waals surface area contributed by atoms with Crippen molar-refractivity contribution in [3.05, 3.63) is 39.9 Å². The van der Waals surface area contributed by atoms with Gasteiger partial charge in [-0.1, -0.05) is 25.5 Å². The number of nitro groups is 1. The molecule has 0 aromatic heterocycles. The first-order valence-electron chi connectivity index (χ1n) is 7.20. The van der Waals surface area contributed by atoms with Crippen LogP contribution in [0.4, 0.5) is 5.69 Å². The van der Waals surface area contributed by atoms with Crippen LogP contribution in [-0.2, 0) is 0 Å². The van der Waals surface area contributed by atoms with Crippen molar-refractivity contribution in [2.45, 2.75) is 51.7 Å². The molecule has 0 bridgehead atoms. The molecule has 0 aliphatic heterocycles. The van der Waals surface area contributed by atoms with E-state index in [0.717, 1.165) is 37.8 Å². The van der Waals surface area contributed by atoms with Gasteiger partial charge in [0.25, 0.3) is 5.69 Å². The SMILES string of the molecule is CCCC(NCCCC(C)O)c1cccc([N+](=O)[O-])c1. The molecule has 2 N–H and O–H groups in total. The van der Waals surface area contributed by atoms with Gasteiger partial charge in [-0.3, -0.25) is 10.1 Å². The van der Waals surface area contributed by atoms with E-state index in [0.29, 0.717) is 0 Å². The quantitative estimate of drug-likeness (QED) is 0.414. The highest BCUT2D eigenvalue weighted by Gasteiger charge is 2.13. The highest BCUT2D eigenvalue weighted by atomic mass is 16.6. The molecule has 112 valence electrons. The molecular formula is C15H24N2O3. The lowest BCUT2D eigenvalue weighted by molar-refractivity contribution is -0.384. The first-order valence-corrected chi connectivity index (χ1v) is 7.20. The van der Waals surface area contributed by atoms with Crippen molar-refractivity contribution < 1.29 is 10.0 Å². The van der Waals surface area contributed by atoms with Crippen molar-refractivity contribution in [1.29, 1.82) is 0 Å². The molecule has 0 spiro atoms. The average Bonchev–Trinajstić information content (AvgIpc) is 2.42. The molecule has 2 unspecified atom stereocenters. The molecule has 0 radical (unpaired) electrons. The Morgan fingerprint density at radius 2 is 2.15 bits per heavy atom. The number of nitrogens with zero attached hydrogens (tertiary/aromatic N) is 1. The summed E-state index contributed by atoms with van der Waals surface area (Å²) in [6, 6.07) is 6.94. The number of nitrogens with one attached hydrogen (secondary N) is 1. The Morgan fingerprint density at radius 3 is 2.75 bits per heavy atom. The van der Waals surface area contributed by atoms with E-state index in [2.05, 4.69) is 12.2 Å². The number of hydrogen-bond acceptors (Lipinski definition) is 4. The molecule has 20 heavy (non-hydrogen) atoms. The van der Waals surface area contributed by atoms with Gasteiger partial charge in [-0.05, 0) is 38.3 Å². The maximum Gasteiger partial charge on any atom is 0.269 e. The molecule has 1 aromatic carbocycles. The summed E-state index contributed by atoms with van der Waals surface area (Å²) in [5.74, 6) is 0. The van der Waals surface area contributed by atoms with Gasteiger partial charge < -0.3 is 10.4 Å². The number of benzene rings is 1. The second-order valence-electron chi connectivity index (χ2n) is 5.14. The Morgan fingerprint density at radius 1 is 1.40 bits per heavy atom. The molecule has 1 rings (SSSR count). The first kappa shape index (κ1) is 16.6. The molecule has 0 aliphatic rings. The third-order valence-electron chi connectivity index (χ3n) is 3.25. The van der Waals surface area contributed by atoms with Gasteiger partial charge in [-0.15, -0.1) is 0 Å². The van der Waals surface area contributed by atoms with Gasteiger partial charge in [0.05, 0.1) is 11.0 Å². The van der Waals surface area contributed by atoms with E-state index in [-0.39, 0.29) is 22.8 Å². The number of non-ortho nitro benzene ring substituents is 1. The summed E-state index contributed by atoms with van der Waals surface area (Å²) in [7, 11) is 0. The molecule has 5 heteroatoms. The molecule has 1 aromatic rings. The van der Waals surface area contributed by atoms with Gasteiger partial charge in [0.15, 0.2) is 0 Å². The zero-order chi connectivity index (χ0) is 15.0. The molecule has 0 aliphatic carbocycles. The van der Waals surface area contributed by atoms with Crippen molar-refractivity contribution in [1.82, 2.24) is 5.32 Å². The zero-order valence-electron chi connectivity index (χ0n) is 12.2. The minimum absolute atomic E-state index is 0.133. The number of nitro benzene ring substituents is 1. The molecule has 0 saturated heterocycles. The van der Waals surface area contributed by atoms with Crippen LogP contribution in [0.25, 0.3) is 0 Å². The Balaban J connectivity index is 2.65. The number of aliphatic hydroxyl groups is 1. The lowest BCUT2D eigenvalue weighted by Gasteiger charge is -2.18. The average molecular weight is 280 g/mol. The van der Waals surface area contributed by atoms with Crippen LogP contribution in [0.5, 0.6) is 0 Å². The Hall–Kier alpha value is -1.46. The topological polar surface area (TPSA) is 75.4 Å². The number of hydrogen-bond donors (Lipinski definition) is 2. The van der Waals surface area contributed by atoms with Crippen LogP contribution in [0.15, 0.2) is 24.3 Å². The second kappa shape index (κ2) is 8.66. The van der Waals surface area contributed by atoms with Gasteiger partial charge >= 0.3 is 0 Å². The van der Waals surface area contributed by atoms with Crippen LogP contribution in [0.1, 0.15) is 51.1 Å². The summed E-state index contributed by atoms with van der Waals surface area (Å²) in [5, 5.41) is 23.5. The minimum Gasteiger partial charge on any atom is -0.393 e. The Labute approximate surface area is 120 Å². The molecule has 0 amide bonds. The maximum absolute atomic E-state index is 10.8. The number of aliphatic hydroxyl groups excluding tert-OH is 1. The zero-order valence-corrected chi connectivity index (χ0v) is 12.2. The predicted octanol–water partition coefficient (Wildman–Crippen LogP) is 3.19. The van der Waals surface area contributed by atoms with Crippen LogP contribution in [0.3, 0.4) is 0 Å². The fourth-order valence-electron chi connectivity index (χ4n) is 2.20. The van der Waals surface area contributed by atoms with Gasteiger partial charge in [-0.25, -0.2) is 0 Å². The van der Waals surface area contributed by atoms with E-state index in [1.165, 1.54) is 6.07 Å². The molecule has 0 saturated carbocycles. The fourth-order valence-corrected chi connectivity index (χ4v) is 2.20. The van der Waals surface area contributed by atoms with E-state index in [4.69, 9.17) is 0 Å². The van der Waals surface area contributed by atoms with E-state index < -0.39 is 0 Å². The molecule has 2 atom stereocenters. The monoisotopic (exact) mass is 280 g/mol. The Kier molecular flexibility index (Phi) is 7.18. The van der Waals surface area contributed by atoms with Gasteiger partial charge in [0.1, 0.15) is 0 Å². The van der Waals surface area contributed by atoms with Gasteiger partial charge in [0, 0.05) is 18.2 Å². The molecule has 5 nitrogen and oxygen atoms in total. The summed E-state index contributed by atoms with van der Waals surface area (Å²) >= 11 is 0. The normalized spacial score (nSPS) is 13.9. The fraction of sp³-hybridized carbons (Fsp3) is 0.600. The highest BCUT2D eigenvalue weighted by molar-refractivity contribution is 5.35. The van der Waals surface area contributed by atoms with E-state index in [9.17, 15) is 15.2 Å². The maximum atomic E-state index is 10.8. The van der Waals surface area contributed by atoms with Crippen molar-refractivity contribution in [3.63, 3.8) is 0 Å². The second-order valence-corrected chi connectivity index (χ2v) is 5.14. The van der Waals surface area contributed by atoms with Crippen LogP contribution in [0, 0.1) is 10.1 Å². The lowest BCUT2D eigenvalue weighted by atomic mass is 10.0. The number of rotatable bonds is 9. The van der Waals surface area contributed by atoms with Crippen molar-refractivity contribution in [2.24, 2.45) is 0 Å². The summed E-state index contributed by atoms with van der Waals surface area (Å²) in [5.41, 5.74) is 1.09. The minimum atomic E-state index is -0.361. The molecule has 0 fully saturated rings. The predicted molar refractivity (Wildman–Crippen MR) is 79.7 cm³/mol. The largest absolute Gasteiger partial charge is 0.393 e. The third-order valence-corrected chi connectivity index (χ3v) is 3.25. The standard InChI is InChI=1S/C15H24N2O3/c1-3-6-15(16-10-5-7-12(2)18)13-8-4-9-14(11-13)17(19)20/h4,8-9,11-12,15-16,18H,3,5-7,10H2,1-2H3. The third kappa shape index (κ3) is 5.67. The van der Waals surface area contributed by atoms with Gasteiger partial charge in [-0.2, -0.15) is 0 Å². The van der Waals surface area contributed by atoms with Crippen LogP contribution < -0.4 is 5.32 Å². The summed E-state index contributed by atoms with van der Waals surface area (Å²) in [6.45, 7) is 4.68. The smallest absolute Gasteiger partial charge is 0.269 e. The van der Waals surface area contributed by atoms with Crippen LogP contribution >= 0.6 is 0 Å². The first-order chi connectivity index (χ1) is 9.54. The summed E-state index contributed by atoms with van der Waals surface area (Å²) in [4.78, 5) is 10.5. The lowest BCUT2D eigenvalue weighted by Crippen LogP contribution is -2.23. The van der Waals surface area contributed by atoms with Gasteiger partial charge in [0.2, 0.25) is 0 Å². The van der Waals surface area contributed by atoms with Crippen molar-refractivity contribution in [2.75, 3.05) is 6.54 Å². The molecule has 0 heterocycles. The van der Waals surface area contributed by atoms with Crippen LogP contribution in [0.2, 0.25) is 0 Å². The Bertz CT molecular complexity index is 421. The van der Waals surface area contributed by atoms with E-state index in [1.54, 1.807) is 19.1 Å². The highest BCUT2D eigenvalue weighted by Crippen LogP contribution is 2.22.